The lowest BCUT2D eigenvalue weighted by atomic mass is 9.92. The van der Waals surface area contributed by atoms with Crippen LogP contribution < -0.4 is 10.6 Å². The van der Waals surface area contributed by atoms with Gasteiger partial charge in [0.05, 0.1) is 0 Å². The first kappa shape index (κ1) is 5.69. The van der Waals surface area contributed by atoms with Crippen LogP contribution in [0.2, 0.25) is 0 Å². The zero-order valence-electron chi connectivity index (χ0n) is 5.69. The molecule has 1 saturated carbocycles. The molecule has 9 heavy (non-hydrogen) atoms. The Morgan fingerprint density at radius 2 is 1.44 bits per heavy atom. The lowest BCUT2D eigenvalue weighted by molar-refractivity contribution is 0.374. The van der Waals surface area contributed by atoms with Gasteiger partial charge in [-0.05, 0) is 12.8 Å². The molecule has 0 aromatic heterocycles. The molecule has 2 N–H and O–H groups in total. The van der Waals surface area contributed by atoms with Gasteiger partial charge in [-0.3, -0.25) is 0 Å². The van der Waals surface area contributed by atoms with E-state index in [4.69, 9.17) is 0 Å². The Morgan fingerprint density at radius 1 is 0.889 bits per heavy atom. The molecular formula is C7H14N2. The van der Waals surface area contributed by atoms with Gasteiger partial charge >= 0.3 is 0 Å². The van der Waals surface area contributed by atoms with E-state index in [9.17, 15) is 0 Å². The Kier molecular flexibility index (Phi) is 1.44. The molecule has 2 heteroatoms. The van der Waals surface area contributed by atoms with Crippen molar-refractivity contribution >= 4 is 0 Å². The van der Waals surface area contributed by atoms with Crippen molar-refractivity contribution in [3.63, 3.8) is 0 Å². The van der Waals surface area contributed by atoms with E-state index in [-0.39, 0.29) is 0 Å². The first-order valence-corrected chi connectivity index (χ1v) is 3.93. The minimum Gasteiger partial charge on any atom is -0.300 e. The maximum Gasteiger partial charge on any atom is 0.0459 e. The van der Waals surface area contributed by atoms with E-state index in [0.717, 1.165) is 18.8 Å². The maximum absolute atomic E-state index is 3.45. The summed E-state index contributed by atoms with van der Waals surface area (Å²) in [6.45, 7) is 1.04. The zero-order chi connectivity index (χ0) is 6.10. The second-order valence-electron chi connectivity index (χ2n) is 3.08. The van der Waals surface area contributed by atoms with Crippen LogP contribution in [0.3, 0.4) is 0 Å². The number of hydrogen-bond acceptors (Lipinski definition) is 2. The average Bonchev–Trinajstić information content (AvgIpc) is 2.33. The van der Waals surface area contributed by atoms with Crippen molar-refractivity contribution in [1.82, 2.24) is 10.6 Å². The Hall–Kier alpha value is -0.0800. The molecule has 2 rings (SSSR count). The fourth-order valence-corrected chi connectivity index (χ4v) is 1.94. The summed E-state index contributed by atoms with van der Waals surface area (Å²) in [5.74, 6) is 0. The molecule has 1 aliphatic heterocycles. The Balaban J connectivity index is 1.97. The van der Waals surface area contributed by atoms with E-state index in [0.29, 0.717) is 0 Å². The summed E-state index contributed by atoms with van der Waals surface area (Å²) in [6, 6.07) is 1.61. The lowest BCUT2D eigenvalue weighted by Crippen LogP contribution is -2.36. The third kappa shape index (κ3) is 0.970. The summed E-state index contributed by atoms with van der Waals surface area (Å²) in [7, 11) is 0. The van der Waals surface area contributed by atoms with E-state index in [2.05, 4.69) is 10.6 Å². The van der Waals surface area contributed by atoms with Crippen molar-refractivity contribution in [1.29, 1.82) is 0 Å². The molecule has 2 aliphatic rings. The average molecular weight is 126 g/mol. The van der Waals surface area contributed by atoms with Gasteiger partial charge in [-0.15, -0.1) is 0 Å². The summed E-state index contributed by atoms with van der Waals surface area (Å²) in [5, 5.41) is 6.89. The van der Waals surface area contributed by atoms with E-state index in [1.165, 1.54) is 25.7 Å². The van der Waals surface area contributed by atoms with Gasteiger partial charge in [0.1, 0.15) is 0 Å². The van der Waals surface area contributed by atoms with Crippen LogP contribution in [-0.4, -0.2) is 18.8 Å². The second kappa shape index (κ2) is 2.27. The fraction of sp³-hybridized carbons (Fsp3) is 1.00. The predicted molar refractivity (Wildman–Crippen MR) is 37.2 cm³/mol. The molecule has 52 valence electrons. The normalized spacial score (nSPS) is 42.7. The number of nitrogens with one attached hydrogen (secondary N) is 2. The van der Waals surface area contributed by atoms with Crippen LogP contribution >= 0.6 is 0 Å². The van der Waals surface area contributed by atoms with Crippen molar-refractivity contribution in [2.75, 3.05) is 6.67 Å². The van der Waals surface area contributed by atoms with Crippen LogP contribution in [0, 0.1) is 0 Å². The number of fused-ring (bicyclic) bond motifs is 1. The third-order valence-electron chi connectivity index (χ3n) is 2.49. The Labute approximate surface area is 56.0 Å². The highest BCUT2D eigenvalue weighted by Gasteiger charge is 2.27. The van der Waals surface area contributed by atoms with Crippen molar-refractivity contribution < 1.29 is 0 Å². The van der Waals surface area contributed by atoms with Crippen LogP contribution in [0.4, 0.5) is 0 Å². The van der Waals surface area contributed by atoms with Crippen molar-refractivity contribution in [2.24, 2.45) is 0 Å². The minimum absolute atomic E-state index is 0.804. The molecule has 1 aliphatic carbocycles. The quantitative estimate of drug-likeness (QED) is 0.492. The number of rotatable bonds is 0. The van der Waals surface area contributed by atoms with E-state index >= 15 is 0 Å². The molecule has 0 bridgehead atoms. The van der Waals surface area contributed by atoms with Crippen LogP contribution in [0.1, 0.15) is 25.7 Å². The van der Waals surface area contributed by atoms with Gasteiger partial charge in [0.15, 0.2) is 0 Å². The number of hydrogen-bond donors (Lipinski definition) is 2. The van der Waals surface area contributed by atoms with E-state index < -0.39 is 0 Å². The molecule has 1 saturated heterocycles. The maximum atomic E-state index is 3.45. The molecular weight excluding hydrogens is 112 g/mol. The topological polar surface area (TPSA) is 24.1 Å². The zero-order valence-corrected chi connectivity index (χ0v) is 5.69. The molecule has 0 amide bonds. The summed E-state index contributed by atoms with van der Waals surface area (Å²) >= 11 is 0. The van der Waals surface area contributed by atoms with Gasteiger partial charge in [-0.2, -0.15) is 0 Å². The van der Waals surface area contributed by atoms with Crippen molar-refractivity contribution in [3.8, 4) is 0 Å². The molecule has 2 fully saturated rings. The summed E-state index contributed by atoms with van der Waals surface area (Å²) < 4.78 is 0. The Bertz CT molecular complexity index is 91.1. The fourth-order valence-electron chi connectivity index (χ4n) is 1.94. The van der Waals surface area contributed by atoms with Gasteiger partial charge in [0, 0.05) is 18.8 Å². The standard InChI is InChI=1S/C7H14N2/c1-2-4-7-6(3-1)8-5-9-7/h6-9H,1-5H2/t6-,7-/m1/s1. The third-order valence-corrected chi connectivity index (χ3v) is 2.49. The Morgan fingerprint density at radius 3 is 2.00 bits per heavy atom. The highest BCUT2D eigenvalue weighted by atomic mass is 15.2. The van der Waals surface area contributed by atoms with Crippen LogP contribution in [-0.2, 0) is 0 Å². The predicted octanol–water partition coefficient (Wildman–Crippen LogP) is 0.448. The molecule has 2 atom stereocenters. The van der Waals surface area contributed by atoms with E-state index in [1.807, 2.05) is 0 Å². The molecule has 0 spiro atoms. The molecule has 1 heterocycles. The summed E-state index contributed by atoms with van der Waals surface area (Å²) in [5.41, 5.74) is 0. The first-order valence-electron chi connectivity index (χ1n) is 3.93. The summed E-state index contributed by atoms with van der Waals surface area (Å²) in [4.78, 5) is 0. The second-order valence-corrected chi connectivity index (χ2v) is 3.08. The highest BCUT2D eigenvalue weighted by molar-refractivity contribution is 4.90. The van der Waals surface area contributed by atoms with Crippen molar-refractivity contribution in [3.05, 3.63) is 0 Å². The molecule has 0 radical (unpaired) electrons. The SMILES string of the molecule is C1CC[C@H]2NCN[C@@H]2C1. The molecule has 2 nitrogen and oxygen atoms in total. The summed E-state index contributed by atoms with van der Waals surface area (Å²) in [6.07, 6.45) is 5.63. The molecule has 0 aromatic carbocycles. The van der Waals surface area contributed by atoms with Gasteiger partial charge < -0.3 is 10.6 Å². The van der Waals surface area contributed by atoms with Crippen LogP contribution in [0.15, 0.2) is 0 Å². The molecule has 0 aromatic rings. The molecule has 0 unspecified atom stereocenters. The highest BCUT2D eigenvalue weighted by Crippen LogP contribution is 2.20. The minimum atomic E-state index is 0.804. The first-order chi connectivity index (χ1) is 4.47. The monoisotopic (exact) mass is 126 g/mol. The van der Waals surface area contributed by atoms with Gasteiger partial charge in [-0.1, -0.05) is 12.8 Å². The van der Waals surface area contributed by atoms with Gasteiger partial charge in [0.25, 0.3) is 0 Å². The van der Waals surface area contributed by atoms with Crippen LogP contribution in [0.5, 0.6) is 0 Å². The van der Waals surface area contributed by atoms with Gasteiger partial charge in [0.2, 0.25) is 0 Å². The van der Waals surface area contributed by atoms with Crippen molar-refractivity contribution in [2.45, 2.75) is 37.8 Å². The van der Waals surface area contributed by atoms with Crippen LogP contribution in [0.25, 0.3) is 0 Å². The lowest BCUT2D eigenvalue weighted by Gasteiger charge is -2.23. The smallest absolute Gasteiger partial charge is 0.0459 e. The van der Waals surface area contributed by atoms with E-state index in [1.54, 1.807) is 0 Å². The van der Waals surface area contributed by atoms with Gasteiger partial charge in [-0.25, -0.2) is 0 Å². The largest absolute Gasteiger partial charge is 0.300 e.